The molecule has 1 unspecified atom stereocenters. The van der Waals surface area contributed by atoms with Crippen LogP contribution in [0, 0.1) is 0 Å². The van der Waals surface area contributed by atoms with Gasteiger partial charge in [-0.15, -0.1) is 0 Å². The first-order valence-electron chi connectivity index (χ1n) is 6.18. The SMILES string of the molecule is CCc1cccc(OC(C)c2ccc(C(=O)O)o2)c1. The summed E-state index contributed by atoms with van der Waals surface area (Å²) >= 11 is 0. The van der Waals surface area contributed by atoms with Crippen molar-refractivity contribution in [2.75, 3.05) is 0 Å². The van der Waals surface area contributed by atoms with Gasteiger partial charge in [0.1, 0.15) is 11.5 Å². The molecule has 1 heterocycles. The Morgan fingerprint density at radius 1 is 1.37 bits per heavy atom. The number of aromatic carboxylic acids is 1. The lowest BCUT2D eigenvalue weighted by Gasteiger charge is -2.13. The zero-order valence-corrected chi connectivity index (χ0v) is 10.9. The van der Waals surface area contributed by atoms with Crippen LogP contribution >= 0.6 is 0 Å². The normalized spacial score (nSPS) is 12.1. The maximum Gasteiger partial charge on any atom is 0.371 e. The summed E-state index contributed by atoms with van der Waals surface area (Å²) in [5.41, 5.74) is 1.19. The maximum absolute atomic E-state index is 10.7. The van der Waals surface area contributed by atoms with Gasteiger partial charge in [0.2, 0.25) is 5.76 Å². The van der Waals surface area contributed by atoms with Gasteiger partial charge >= 0.3 is 5.97 Å². The van der Waals surface area contributed by atoms with E-state index in [1.807, 2.05) is 31.2 Å². The number of benzene rings is 1. The molecular formula is C15H16O4. The van der Waals surface area contributed by atoms with E-state index in [9.17, 15) is 4.79 Å². The van der Waals surface area contributed by atoms with Crippen LogP contribution in [0.15, 0.2) is 40.8 Å². The van der Waals surface area contributed by atoms with E-state index in [2.05, 4.69) is 6.92 Å². The Kier molecular flexibility index (Phi) is 3.90. The minimum Gasteiger partial charge on any atom is -0.483 e. The van der Waals surface area contributed by atoms with Crippen LogP contribution in [0.2, 0.25) is 0 Å². The summed E-state index contributed by atoms with van der Waals surface area (Å²) in [5.74, 6) is 0.0959. The van der Waals surface area contributed by atoms with Crippen molar-refractivity contribution in [3.63, 3.8) is 0 Å². The number of carboxylic acids is 1. The van der Waals surface area contributed by atoms with Crippen LogP contribution in [0.4, 0.5) is 0 Å². The largest absolute Gasteiger partial charge is 0.483 e. The van der Waals surface area contributed by atoms with Crippen molar-refractivity contribution in [1.29, 1.82) is 0 Å². The highest BCUT2D eigenvalue weighted by Crippen LogP contribution is 2.24. The molecular weight excluding hydrogens is 244 g/mol. The fourth-order valence-electron chi connectivity index (χ4n) is 1.79. The quantitative estimate of drug-likeness (QED) is 0.890. The molecule has 0 fully saturated rings. The van der Waals surface area contributed by atoms with E-state index in [1.165, 1.54) is 11.6 Å². The molecule has 0 amide bonds. The standard InChI is InChI=1S/C15H16O4/c1-3-11-5-4-6-12(9-11)18-10(2)13-7-8-14(19-13)15(16)17/h4-10H,3H2,1-2H3,(H,16,17). The lowest BCUT2D eigenvalue weighted by molar-refractivity contribution is 0.0655. The topological polar surface area (TPSA) is 59.7 Å². The number of aryl methyl sites for hydroxylation is 1. The van der Waals surface area contributed by atoms with E-state index < -0.39 is 5.97 Å². The number of carboxylic acid groups (broad SMARTS) is 1. The van der Waals surface area contributed by atoms with Crippen LogP contribution in [0.1, 0.15) is 41.8 Å². The Morgan fingerprint density at radius 2 is 2.16 bits per heavy atom. The Labute approximate surface area is 111 Å². The van der Waals surface area contributed by atoms with Crippen molar-refractivity contribution < 1.29 is 19.1 Å². The number of furan rings is 1. The molecule has 0 aliphatic heterocycles. The number of rotatable bonds is 5. The molecule has 0 aliphatic carbocycles. The monoisotopic (exact) mass is 260 g/mol. The lowest BCUT2D eigenvalue weighted by atomic mass is 10.1. The van der Waals surface area contributed by atoms with E-state index in [1.54, 1.807) is 6.07 Å². The third kappa shape index (κ3) is 3.16. The predicted molar refractivity (Wildman–Crippen MR) is 70.5 cm³/mol. The van der Waals surface area contributed by atoms with Crippen LogP contribution < -0.4 is 4.74 Å². The second-order valence-corrected chi connectivity index (χ2v) is 4.27. The van der Waals surface area contributed by atoms with E-state index in [-0.39, 0.29) is 11.9 Å². The van der Waals surface area contributed by atoms with Crippen molar-refractivity contribution in [3.8, 4) is 5.75 Å². The zero-order chi connectivity index (χ0) is 13.8. The molecule has 19 heavy (non-hydrogen) atoms. The third-order valence-electron chi connectivity index (χ3n) is 2.86. The Balaban J connectivity index is 2.10. The van der Waals surface area contributed by atoms with Gasteiger partial charge in [-0.1, -0.05) is 19.1 Å². The maximum atomic E-state index is 10.7. The molecule has 2 aromatic rings. The van der Waals surface area contributed by atoms with Gasteiger partial charge in [0.25, 0.3) is 0 Å². The van der Waals surface area contributed by atoms with Crippen molar-refractivity contribution in [2.24, 2.45) is 0 Å². The zero-order valence-electron chi connectivity index (χ0n) is 10.9. The van der Waals surface area contributed by atoms with E-state index in [0.717, 1.165) is 12.2 Å². The molecule has 1 aromatic heterocycles. The van der Waals surface area contributed by atoms with Gasteiger partial charge < -0.3 is 14.3 Å². The number of hydrogen-bond donors (Lipinski definition) is 1. The number of carbonyl (C=O) groups is 1. The predicted octanol–water partition coefficient (Wildman–Crippen LogP) is 3.68. The van der Waals surface area contributed by atoms with Gasteiger partial charge in [-0.05, 0) is 43.2 Å². The third-order valence-corrected chi connectivity index (χ3v) is 2.86. The molecule has 0 saturated carbocycles. The van der Waals surface area contributed by atoms with Crippen molar-refractivity contribution in [2.45, 2.75) is 26.4 Å². The van der Waals surface area contributed by atoms with Gasteiger partial charge in [0.05, 0.1) is 0 Å². The molecule has 1 aromatic carbocycles. The van der Waals surface area contributed by atoms with Gasteiger partial charge in [-0.3, -0.25) is 0 Å². The van der Waals surface area contributed by atoms with Gasteiger partial charge in [-0.25, -0.2) is 4.79 Å². The highest BCUT2D eigenvalue weighted by molar-refractivity contribution is 5.84. The highest BCUT2D eigenvalue weighted by Gasteiger charge is 2.15. The molecule has 1 atom stereocenters. The minimum absolute atomic E-state index is 0.0761. The van der Waals surface area contributed by atoms with Crippen LogP contribution in [-0.2, 0) is 6.42 Å². The minimum atomic E-state index is -1.08. The van der Waals surface area contributed by atoms with E-state index in [4.69, 9.17) is 14.3 Å². The summed E-state index contributed by atoms with van der Waals surface area (Å²) in [6.07, 6.45) is 0.607. The Morgan fingerprint density at radius 3 is 2.79 bits per heavy atom. The molecule has 0 bridgehead atoms. The van der Waals surface area contributed by atoms with Crippen LogP contribution in [0.25, 0.3) is 0 Å². The average Bonchev–Trinajstić information content (AvgIpc) is 2.89. The summed E-state index contributed by atoms with van der Waals surface area (Å²) < 4.78 is 11.0. The molecule has 2 rings (SSSR count). The summed E-state index contributed by atoms with van der Waals surface area (Å²) in [7, 11) is 0. The fraction of sp³-hybridized carbons (Fsp3) is 0.267. The lowest BCUT2D eigenvalue weighted by Crippen LogP contribution is -2.02. The molecule has 0 radical (unpaired) electrons. The van der Waals surface area contributed by atoms with Crippen molar-refractivity contribution in [1.82, 2.24) is 0 Å². The first-order valence-corrected chi connectivity index (χ1v) is 6.18. The van der Waals surface area contributed by atoms with Crippen LogP contribution in [0.5, 0.6) is 5.75 Å². The first kappa shape index (κ1) is 13.2. The molecule has 0 aliphatic rings. The highest BCUT2D eigenvalue weighted by atomic mass is 16.5. The number of ether oxygens (including phenoxy) is 1. The van der Waals surface area contributed by atoms with Crippen LogP contribution in [0.3, 0.4) is 0 Å². The molecule has 1 N–H and O–H groups in total. The Bertz CT molecular complexity index is 571. The Hall–Kier alpha value is -2.23. The van der Waals surface area contributed by atoms with Crippen molar-refractivity contribution >= 4 is 5.97 Å². The number of hydrogen-bond acceptors (Lipinski definition) is 3. The summed E-state index contributed by atoms with van der Waals surface area (Å²) in [6.45, 7) is 3.90. The van der Waals surface area contributed by atoms with Gasteiger partial charge in [0, 0.05) is 0 Å². The van der Waals surface area contributed by atoms with E-state index in [0.29, 0.717) is 5.76 Å². The molecule has 4 heteroatoms. The second-order valence-electron chi connectivity index (χ2n) is 4.27. The van der Waals surface area contributed by atoms with E-state index >= 15 is 0 Å². The molecule has 4 nitrogen and oxygen atoms in total. The summed E-state index contributed by atoms with van der Waals surface area (Å²) in [5, 5.41) is 8.80. The average molecular weight is 260 g/mol. The van der Waals surface area contributed by atoms with Gasteiger partial charge in [0.15, 0.2) is 6.10 Å². The van der Waals surface area contributed by atoms with Crippen molar-refractivity contribution in [3.05, 3.63) is 53.5 Å². The summed E-state index contributed by atoms with van der Waals surface area (Å²) in [4.78, 5) is 10.7. The fourth-order valence-corrected chi connectivity index (χ4v) is 1.79. The van der Waals surface area contributed by atoms with Gasteiger partial charge in [-0.2, -0.15) is 0 Å². The second kappa shape index (κ2) is 5.61. The summed E-state index contributed by atoms with van der Waals surface area (Å²) in [6, 6.07) is 10.9. The smallest absolute Gasteiger partial charge is 0.371 e. The molecule has 0 saturated heterocycles. The molecule has 100 valence electrons. The molecule has 0 spiro atoms. The first-order chi connectivity index (χ1) is 9.10. The van der Waals surface area contributed by atoms with Crippen LogP contribution in [-0.4, -0.2) is 11.1 Å².